The Morgan fingerprint density at radius 1 is 1.53 bits per heavy atom. The van der Waals surface area contributed by atoms with Crippen LogP contribution in [-0.2, 0) is 4.79 Å². The van der Waals surface area contributed by atoms with Gasteiger partial charge in [-0.05, 0) is 6.42 Å². The molecule has 15 heavy (non-hydrogen) atoms. The van der Waals surface area contributed by atoms with Crippen LogP contribution < -0.4 is 4.90 Å². The zero-order valence-corrected chi connectivity index (χ0v) is 9.69. The number of hydrogen-bond acceptors (Lipinski definition) is 2. The molecule has 0 aliphatic rings. The maximum absolute atomic E-state index is 11.9. The van der Waals surface area contributed by atoms with E-state index < -0.39 is 0 Å². The summed E-state index contributed by atoms with van der Waals surface area (Å²) in [5.74, 6) is 0.182. The summed E-state index contributed by atoms with van der Waals surface area (Å²) in [4.78, 5) is 13.7. The smallest absolute Gasteiger partial charge is 0.229 e. The maximum Gasteiger partial charge on any atom is 0.229 e. The third kappa shape index (κ3) is 3.11. The molecule has 0 spiro atoms. The fourth-order valence-electron chi connectivity index (χ4n) is 1.41. The minimum absolute atomic E-state index is 0.0248. The van der Waals surface area contributed by atoms with Crippen molar-refractivity contribution in [1.82, 2.24) is 0 Å². The predicted molar refractivity (Wildman–Crippen MR) is 60.8 cm³/mol. The molecule has 3 heteroatoms. The van der Waals surface area contributed by atoms with Gasteiger partial charge in [0.1, 0.15) is 6.26 Å². The molecular weight excluding hydrogens is 190 g/mol. The van der Waals surface area contributed by atoms with Crippen molar-refractivity contribution in [3.8, 4) is 0 Å². The Labute approximate surface area is 91.1 Å². The van der Waals surface area contributed by atoms with Crippen molar-refractivity contribution < 1.29 is 9.21 Å². The van der Waals surface area contributed by atoms with Crippen LogP contribution in [0.1, 0.15) is 33.6 Å². The number of amides is 1. The lowest BCUT2D eigenvalue weighted by Gasteiger charge is -2.22. The highest BCUT2D eigenvalue weighted by atomic mass is 16.3. The van der Waals surface area contributed by atoms with Crippen molar-refractivity contribution in [1.29, 1.82) is 0 Å². The molecule has 1 amide bonds. The second-order valence-corrected chi connectivity index (χ2v) is 3.98. The molecule has 0 aliphatic carbocycles. The van der Waals surface area contributed by atoms with Crippen molar-refractivity contribution in [3.05, 3.63) is 18.6 Å². The Morgan fingerprint density at radius 3 is 2.73 bits per heavy atom. The van der Waals surface area contributed by atoms with Crippen LogP contribution in [0.3, 0.4) is 0 Å². The summed E-state index contributed by atoms with van der Waals surface area (Å²) < 4.78 is 5.01. The Hall–Kier alpha value is -1.25. The molecule has 0 saturated carbocycles. The van der Waals surface area contributed by atoms with Gasteiger partial charge in [-0.1, -0.05) is 27.2 Å². The van der Waals surface area contributed by atoms with E-state index in [-0.39, 0.29) is 11.8 Å². The van der Waals surface area contributed by atoms with Gasteiger partial charge >= 0.3 is 0 Å². The molecule has 0 radical (unpaired) electrons. The van der Waals surface area contributed by atoms with E-state index in [2.05, 4.69) is 6.92 Å². The van der Waals surface area contributed by atoms with E-state index in [1.165, 1.54) is 0 Å². The van der Waals surface area contributed by atoms with Gasteiger partial charge in [-0.3, -0.25) is 4.79 Å². The van der Waals surface area contributed by atoms with Gasteiger partial charge in [-0.25, -0.2) is 0 Å². The highest BCUT2D eigenvalue weighted by Gasteiger charge is 2.18. The average Bonchev–Trinajstić information content (AvgIpc) is 2.71. The lowest BCUT2D eigenvalue weighted by molar-refractivity contribution is -0.121. The van der Waals surface area contributed by atoms with Gasteiger partial charge in [0.2, 0.25) is 5.91 Å². The number of unbranched alkanes of at least 4 members (excludes halogenated alkanes) is 1. The molecule has 0 atom stereocenters. The summed E-state index contributed by atoms with van der Waals surface area (Å²) in [6, 6.07) is 1.83. The predicted octanol–water partition coefficient (Wildman–Crippen LogP) is 3.07. The first kappa shape index (κ1) is 11.8. The van der Waals surface area contributed by atoms with Crippen molar-refractivity contribution >= 4 is 11.6 Å². The van der Waals surface area contributed by atoms with Crippen LogP contribution in [0, 0.1) is 5.92 Å². The molecule has 0 bridgehead atoms. The van der Waals surface area contributed by atoms with E-state index >= 15 is 0 Å². The van der Waals surface area contributed by atoms with E-state index in [0.717, 1.165) is 25.1 Å². The van der Waals surface area contributed by atoms with Gasteiger partial charge in [0.15, 0.2) is 0 Å². The SMILES string of the molecule is CCCCN(C(=O)C(C)C)c1ccoc1. The highest BCUT2D eigenvalue weighted by molar-refractivity contribution is 5.94. The van der Waals surface area contributed by atoms with Crippen molar-refractivity contribution in [3.63, 3.8) is 0 Å². The van der Waals surface area contributed by atoms with Crippen molar-refractivity contribution in [2.24, 2.45) is 5.92 Å². The van der Waals surface area contributed by atoms with Crippen molar-refractivity contribution in [2.45, 2.75) is 33.6 Å². The third-order valence-corrected chi connectivity index (χ3v) is 2.31. The molecule has 84 valence electrons. The molecule has 0 unspecified atom stereocenters. The van der Waals surface area contributed by atoms with Crippen LogP contribution in [0.5, 0.6) is 0 Å². The van der Waals surface area contributed by atoms with Crippen LogP contribution in [0.15, 0.2) is 23.0 Å². The molecule has 0 fully saturated rings. The van der Waals surface area contributed by atoms with Crippen LogP contribution in [0.2, 0.25) is 0 Å². The Bertz CT molecular complexity index is 291. The number of carbonyl (C=O) groups excluding carboxylic acids is 1. The van der Waals surface area contributed by atoms with Gasteiger partial charge in [0.25, 0.3) is 0 Å². The normalized spacial score (nSPS) is 10.7. The van der Waals surface area contributed by atoms with Crippen LogP contribution in [0.25, 0.3) is 0 Å². The van der Waals surface area contributed by atoms with Crippen LogP contribution in [-0.4, -0.2) is 12.5 Å². The van der Waals surface area contributed by atoms with E-state index in [1.54, 1.807) is 17.4 Å². The molecular formula is C12H19NO2. The Kier molecular flexibility index (Phi) is 4.40. The van der Waals surface area contributed by atoms with Crippen LogP contribution >= 0.6 is 0 Å². The second kappa shape index (κ2) is 5.59. The summed E-state index contributed by atoms with van der Waals surface area (Å²) in [5, 5.41) is 0. The molecule has 0 N–H and O–H groups in total. The van der Waals surface area contributed by atoms with E-state index in [4.69, 9.17) is 4.42 Å². The first-order valence-electron chi connectivity index (χ1n) is 5.50. The minimum atomic E-state index is 0.0248. The fraction of sp³-hybridized carbons (Fsp3) is 0.583. The number of nitrogens with zero attached hydrogens (tertiary/aromatic N) is 1. The standard InChI is InChI=1S/C12H19NO2/c1-4-5-7-13(12(14)10(2)3)11-6-8-15-9-11/h6,8-10H,4-5,7H2,1-3H3. The summed E-state index contributed by atoms with van der Waals surface area (Å²) in [6.45, 7) is 6.73. The van der Waals surface area contributed by atoms with Gasteiger partial charge in [-0.2, -0.15) is 0 Å². The number of anilines is 1. The molecule has 0 aromatic carbocycles. The maximum atomic E-state index is 11.9. The van der Waals surface area contributed by atoms with Crippen LogP contribution in [0.4, 0.5) is 5.69 Å². The minimum Gasteiger partial charge on any atom is -0.470 e. The zero-order chi connectivity index (χ0) is 11.3. The number of furan rings is 1. The lowest BCUT2D eigenvalue weighted by Crippen LogP contribution is -2.34. The lowest BCUT2D eigenvalue weighted by atomic mass is 10.1. The van der Waals surface area contributed by atoms with Gasteiger partial charge in [0.05, 0.1) is 12.0 Å². The number of carbonyl (C=O) groups is 1. The molecule has 3 nitrogen and oxygen atoms in total. The summed E-state index contributed by atoms with van der Waals surface area (Å²) in [5.41, 5.74) is 0.863. The number of hydrogen-bond donors (Lipinski definition) is 0. The zero-order valence-electron chi connectivity index (χ0n) is 9.69. The average molecular weight is 209 g/mol. The Balaban J connectivity index is 2.74. The molecule has 0 aliphatic heterocycles. The first-order chi connectivity index (χ1) is 7.16. The van der Waals surface area contributed by atoms with E-state index in [9.17, 15) is 4.79 Å². The fourth-order valence-corrected chi connectivity index (χ4v) is 1.41. The van der Waals surface area contributed by atoms with Gasteiger partial charge < -0.3 is 9.32 Å². The monoisotopic (exact) mass is 209 g/mol. The summed E-state index contributed by atoms with van der Waals surface area (Å²) in [6.07, 6.45) is 5.32. The largest absolute Gasteiger partial charge is 0.470 e. The van der Waals surface area contributed by atoms with E-state index in [0.29, 0.717) is 0 Å². The summed E-state index contributed by atoms with van der Waals surface area (Å²) >= 11 is 0. The number of rotatable bonds is 5. The third-order valence-electron chi connectivity index (χ3n) is 2.31. The van der Waals surface area contributed by atoms with Gasteiger partial charge in [0, 0.05) is 18.5 Å². The molecule has 1 aromatic heterocycles. The van der Waals surface area contributed by atoms with Crippen molar-refractivity contribution in [2.75, 3.05) is 11.4 Å². The van der Waals surface area contributed by atoms with Gasteiger partial charge in [-0.15, -0.1) is 0 Å². The summed E-state index contributed by atoms with van der Waals surface area (Å²) in [7, 11) is 0. The molecule has 0 saturated heterocycles. The molecule has 1 rings (SSSR count). The molecule has 1 heterocycles. The quantitative estimate of drug-likeness (QED) is 0.746. The topological polar surface area (TPSA) is 33.5 Å². The Morgan fingerprint density at radius 2 is 2.27 bits per heavy atom. The molecule has 1 aromatic rings. The highest BCUT2D eigenvalue weighted by Crippen LogP contribution is 2.17. The first-order valence-corrected chi connectivity index (χ1v) is 5.50. The second-order valence-electron chi connectivity index (χ2n) is 3.98. The van der Waals surface area contributed by atoms with E-state index in [1.807, 2.05) is 19.9 Å².